The molecule has 1 fully saturated rings. The molecule has 2 aliphatic rings. The number of hydrogen-bond donors (Lipinski definition) is 3. The van der Waals surface area contributed by atoms with Crippen LogP contribution in [-0.2, 0) is 4.79 Å². The summed E-state index contributed by atoms with van der Waals surface area (Å²) in [6, 6.07) is 7.71. The van der Waals surface area contributed by atoms with Gasteiger partial charge in [0.2, 0.25) is 5.91 Å². The molecule has 1 amide bonds. The molecule has 4 N–H and O–H groups in total. The summed E-state index contributed by atoms with van der Waals surface area (Å²) in [6.45, 7) is 0.414. The molecular weight excluding hydrogens is 240 g/mol. The number of fused-ring (bicyclic) bond motifs is 1. The third-order valence-corrected chi connectivity index (χ3v) is 4.21. The molecule has 3 rings (SSSR count). The highest BCUT2D eigenvalue weighted by Gasteiger charge is 2.44. The second-order valence-electron chi connectivity index (χ2n) is 5.49. The summed E-state index contributed by atoms with van der Waals surface area (Å²) in [4.78, 5) is 11.2. The number of β-amino-alcohol motifs (C(OH)–C–C–N with tert-alkyl or cyclic N) is 1. The maximum absolute atomic E-state index is 11.2. The molecule has 1 aliphatic carbocycles. The van der Waals surface area contributed by atoms with Crippen molar-refractivity contribution >= 4 is 18.1 Å². The molecule has 0 bridgehead atoms. The minimum absolute atomic E-state index is 0.0271. The minimum atomic E-state index is -0.885. The van der Waals surface area contributed by atoms with Gasteiger partial charge in [-0.25, -0.2) is 0 Å². The molecule has 0 spiro atoms. The number of nitrogens with two attached hydrogens (primary N) is 1. The van der Waals surface area contributed by atoms with Gasteiger partial charge in [0.05, 0.1) is 11.6 Å². The third kappa shape index (κ3) is 2.17. The summed E-state index contributed by atoms with van der Waals surface area (Å²) in [7, 11) is 0. The van der Waals surface area contributed by atoms with Crippen LogP contribution in [0.2, 0.25) is 0 Å². The molecule has 0 saturated carbocycles. The summed E-state index contributed by atoms with van der Waals surface area (Å²) < 4.78 is 0. The highest BCUT2D eigenvalue weighted by Crippen LogP contribution is 2.32. The van der Waals surface area contributed by atoms with Crippen molar-refractivity contribution in [2.75, 3.05) is 6.54 Å². The van der Waals surface area contributed by atoms with E-state index in [1.54, 1.807) is 0 Å². The molecule has 0 radical (unpaired) electrons. The van der Waals surface area contributed by atoms with Gasteiger partial charge in [-0.3, -0.25) is 4.79 Å². The van der Waals surface area contributed by atoms with E-state index >= 15 is 0 Å². The molecule has 100 valence electrons. The maximum Gasteiger partial charge on any atom is 0.234 e. The number of aliphatic hydroxyl groups is 1. The first-order chi connectivity index (χ1) is 9.08. The van der Waals surface area contributed by atoms with E-state index in [4.69, 9.17) is 5.73 Å². The molecule has 1 saturated heterocycles. The van der Waals surface area contributed by atoms with Crippen molar-refractivity contribution in [3.05, 3.63) is 34.7 Å². The number of carbonyl (C=O) groups is 1. The SMILES string of the molecule is NC(=O)[C@@H]1C[C@@](O)(C2C=c3ccccc3=CC2)CN1. The monoisotopic (exact) mass is 258 g/mol. The Kier molecular flexibility index (Phi) is 2.92. The van der Waals surface area contributed by atoms with Crippen LogP contribution in [0.4, 0.5) is 0 Å². The van der Waals surface area contributed by atoms with E-state index in [1.165, 1.54) is 5.22 Å². The van der Waals surface area contributed by atoms with Crippen molar-refractivity contribution in [2.24, 2.45) is 11.7 Å². The van der Waals surface area contributed by atoms with Crippen molar-refractivity contribution in [2.45, 2.75) is 24.5 Å². The number of nitrogens with one attached hydrogen (secondary N) is 1. The van der Waals surface area contributed by atoms with Crippen LogP contribution in [0.3, 0.4) is 0 Å². The zero-order chi connectivity index (χ0) is 13.5. The molecule has 0 aromatic heterocycles. The van der Waals surface area contributed by atoms with Crippen LogP contribution in [0.1, 0.15) is 12.8 Å². The molecule has 4 nitrogen and oxygen atoms in total. The van der Waals surface area contributed by atoms with Crippen molar-refractivity contribution in [3.8, 4) is 0 Å². The highest BCUT2D eigenvalue weighted by molar-refractivity contribution is 5.80. The standard InChI is InChI=1S/C15H18N2O2/c16-14(18)13-8-15(19,9-17-13)12-6-5-10-3-1-2-4-11(10)7-12/h1-5,7,12-13,17,19H,6,8-9H2,(H2,16,18)/t12?,13-,15-/m0/s1. The van der Waals surface area contributed by atoms with Gasteiger partial charge in [0.1, 0.15) is 0 Å². The molecule has 1 unspecified atom stereocenters. The van der Waals surface area contributed by atoms with Crippen LogP contribution < -0.4 is 21.5 Å². The predicted octanol–water partition coefficient (Wildman–Crippen LogP) is -1.15. The largest absolute Gasteiger partial charge is 0.388 e. The molecule has 4 heteroatoms. The summed E-state index contributed by atoms with van der Waals surface area (Å²) >= 11 is 0. The lowest BCUT2D eigenvalue weighted by molar-refractivity contribution is -0.120. The average molecular weight is 258 g/mol. The Bertz CT molecular complexity index is 625. The average Bonchev–Trinajstić information content (AvgIpc) is 2.82. The second kappa shape index (κ2) is 4.47. The zero-order valence-electron chi connectivity index (χ0n) is 10.7. The van der Waals surface area contributed by atoms with Crippen molar-refractivity contribution in [3.63, 3.8) is 0 Å². The Balaban J connectivity index is 1.89. The van der Waals surface area contributed by atoms with Gasteiger partial charge in [-0.15, -0.1) is 0 Å². The van der Waals surface area contributed by atoms with E-state index in [9.17, 15) is 9.90 Å². The molecule has 3 atom stereocenters. The number of benzene rings is 1. The van der Waals surface area contributed by atoms with Gasteiger partial charge in [-0.05, 0) is 16.9 Å². The lowest BCUT2D eigenvalue weighted by atomic mass is 9.80. The molecule has 1 aromatic carbocycles. The van der Waals surface area contributed by atoms with E-state index < -0.39 is 17.6 Å². The van der Waals surface area contributed by atoms with E-state index in [1.807, 2.05) is 12.1 Å². The quantitative estimate of drug-likeness (QED) is 0.627. The summed E-state index contributed by atoms with van der Waals surface area (Å²) in [6.07, 6.45) is 5.44. The Morgan fingerprint density at radius 1 is 1.37 bits per heavy atom. The first kappa shape index (κ1) is 12.4. The molecular formula is C15H18N2O2. The molecule has 19 heavy (non-hydrogen) atoms. The van der Waals surface area contributed by atoms with Gasteiger partial charge in [-0.2, -0.15) is 0 Å². The Hall–Kier alpha value is -1.65. The fourth-order valence-corrected chi connectivity index (χ4v) is 3.04. The van der Waals surface area contributed by atoms with Crippen LogP contribution in [0.5, 0.6) is 0 Å². The molecule has 1 heterocycles. The fraction of sp³-hybridized carbons (Fsp3) is 0.400. The number of hydrogen-bond acceptors (Lipinski definition) is 3. The maximum atomic E-state index is 11.2. The van der Waals surface area contributed by atoms with Gasteiger partial charge in [-0.1, -0.05) is 36.4 Å². The minimum Gasteiger partial charge on any atom is -0.388 e. The number of amides is 1. The van der Waals surface area contributed by atoms with Gasteiger partial charge < -0.3 is 16.2 Å². The van der Waals surface area contributed by atoms with Gasteiger partial charge in [0, 0.05) is 18.9 Å². The predicted molar refractivity (Wildman–Crippen MR) is 73.3 cm³/mol. The van der Waals surface area contributed by atoms with E-state index in [0.29, 0.717) is 13.0 Å². The van der Waals surface area contributed by atoms with E-state index in [-0.39, 0.29) is 5.92 Å². The van der Waals surface area contributed by atoms with E-state index in [0.717, 1.165) is 11.6 Å². The van der Waals surface area contributed by atoms with Crippen LogP contribution in [0.15, 0.2) is 24.3 Å². The highest BCUT2D eigenvalue weighted by atomic mass is 16.3. The van der Waals surface area contributed by atoms with Crippen molar-refractivity contribution in [1.82, 2.24) is 5.32 Å². The lowest BCUT2D eigenvalue weighted by Crippen LogP contribution is -2.42. The van der Waals surface area contributed by atoms with Crippen molar-refractivity contribution in [1.29, 1.82) is 0 Å². The number of primary amides is 1. The lowest BCUT2D eigenvalue weighted by Gasteiger charge is -2.30. The number of rotatable bonds is 2. The summed E-state index contributed by atoms with van der Waals surface area (Å²) in [5.41, 5.74) is 4.41. The summed E-state index contributed by atoms with van der Waals surface area (Å²) in [5.74, 6) is -0.365. The van der Waals surface area contributed by atoms with E-state index in [2.05, 4.69) is 29.6 Å². The van der Waals surface area contributed by atoms with Crippen LogP contribution in [0.25, 0.3) is 12.2 Å². The first-order valence-corrected chi connectivity index (χ1v) is 6.61. The normalized spacial score (nSPS) is 33.1. The van der Waals surface area contributed by atoms with Gasteiger partial charge in [0.25, 0.3) is 0 Å². The molecule has 1 aromatic rings. The Labute approximate surface area is 111 Å². The first-order valence-electron chi connectivity index (χ1n) is 6.61. The number of carbonyl (C=O) groups excluding carboxylic acids is 1. The van der Waals surface area contributed by atoms with Crippen LogP contribution >= 0.6 is 0 Å². The smallest absolute Gasteiger partial charge is 0.234 e. The van der Waals surface area contributed by atoms with Gasteiger partial charge >= 0.3 is 0 Å². The topological polar surface area (TPSA) is 75.4 Å². The summed E-state index contributed by atoms with van der Waals surface area (Å²) in [5, 5.41) is 16.1. The fourth-order valence-electron chi connectivity index (χ4n) is 3.04. The van der Waals surface area contributed by atoms with Crippen LogP contribution in [0, 0.1) is 5.92 Å². The van der Waals surface area contributed by atoms with Gasteiger partial charge in [0.15, 0.2) is 0 Å². The van der Waals surface area contributed by atoms with Crippen LogP contribution in [-0.4, -0.2) is 29.2 Å². The second-order valence-corrected chi connectivity index (χ2v) is 5.49. The zero-order valence-corrected chi connectivity index (χ0v) is 10.7. The Morgan fingerprint density at radius 3 is 2.79 bits per heavy atom. The molecule has 1 aliphatic heterocycles. The van der Waals surface area contributed by atoms with Crippen molar-refractivity contribution < 1.29 is 9.90 Å². The third-order valence-electron chi connectivity index (χ3n) is 4.21. The Morgan fingerprint density at radius 2 is 2.11 bits per heavy atom.